The first kappa shape index (κ1) is 25.4. The van der Waals surface area contributed by atoms with Gasteiger partial charge in [-0.2, -0.15) is 0 Å². The van der Waals surface area contributed by atoms with Crippen LogP contribution >= 0.6 is 0 Å². The Morgan fingerprint density at radius 3 is 2.50 bits per heavy atom. The molecule has 2 aromatic rings. The molecular formula is C25H32FN3O5. The molecule has 0 radical (unpaired) electrons. The van der Waals surface area contributed by atoms with Crippen molar-refractivity contribution in [2.24, 2.45) is 0 Å². The minimum absolute atomic E-state index is 0.0199. The van der Waals surface area contributed by atoms with E-state index >= 15 is 0 Å². The van der Waals surface area contributed by atoms with Gasteiger partial charge >= 0.3 is 6.09 Å². The number of carbonyl (C=O) groups excluding carboxylic acids is 2. The number of likely N-dealkylation sites (tertiary alicyclic amines) is 1. The number of hydrogen-bond donors (Lipinski definition) is 0. The Morgan fingerprint density at radius 1 is 1.18 bits per heavy atom. The molecule has 9 heteroatoms. The topological polar surface area (TPSA) is 81.2 Å². The zero-order chi connectivity index (χ0) is 24.9. The number of nitrogens with zero attached hydrogens (tertiary/aromatic N) is 3. The normalized spacial score (nSPS) is 14.6. The quantitative estimate of drug-likeness (QED) is 0.573. The summed E-state index contributed by atoms with van der Waals surface area (Å²) in [6, 6.07) is 9.73. The molecule has 1 aromatic heterocycles. The molecule has 0 spiro atoms. The minimum atomic E-state index is -0.541. The number of pyridine rings is 1. The lowest BCUT2D eigenvalue weighted by Gasteiger charge is -2.33. The highest BCUT2D eigenvalue weighted by molar-refractivity contribution is 5.93. The van der Waals surface area contributed by atoms with Crippen LogP contribution in [0, 0.1) is 5.82 Å². The summed E-state index contributed by atoms with van der Waals surface area (Å²) < 4.78 is 25.7. The molecule has 0 bridgehead atoms. The van der Waals surface area contributed by atoms with Crippen LogP contribution in [0.4, 0.5) is 9.18 Å². The number of rotatable bonds is 6. The number of halogens is 1. The number of piperidine rings is 1. The van der Waals surface area contributed by atoms with E-state index in [1.165, 1.54) is 32.4 Å². The number of carbonyl (C=O) groups is 2. The van der Waals surface area contributed by atoms with Crippen LogP contribution in [0.5, 0.6) is 5.88 Å². The van der Waals surface area contributed by atoms with Crippen LogP contribution < -0.4 is 4.74 Å². The second-order valence-corrected chi connectivity index (χ2v) is 9.22. The average molecular weight is 474 g/mol. The predicted molar refractivity (Wildman–Crippen MR) is 124 cm³/mol. The highest BCUT2D eigenvalue weighted by Crippen LogP contribution is 2.29. The summed E-state index contributed by atoms with van der Waals surface area (Å²) in [6.45, 7) is 6.74. The number of hydroxylamine groups is 2. The fraction of sp³-hybridized carbons (Fsp3) is 0.480. The fourth-order valence-electron chi connectivity index (χ4n) is 3.64. The maximum Gasteiger partial charge on any atom is 0.410 e. The summed E-state index contributed by atoms with van der Waals surface area (Å²) in [5.74, 6) is -0.394. The summed E-state index contributed by atoms with van der Waals surface area (Å²) in [7, 11) is 2.82. The first-order valence-electron chi connectivity index (χ1n) is 11.3. The molecule has 1 aliphatic heterocycles. The summed E-state index contributed by atoms with van der Waals surface area (Å²) in [6.07, 6.45) is 1.26. The first-order valence-corrected chi connectivity index (χ1v) is 11.3. The molecular weight excluding hydrogens is 441 g/mol. The van der Waals surface area contributed by atoms with Crippen molar-refractivity contribution in [2.45, 2.75) is 51.7 Å². The Bertz CT molecular complexity index is 1020. The number of aromatic nitrogens is 1. The molecule has 0 aliphatic carbocycles. The van der Waals surface area contributed by atoms with E-state index in [2.05, 4.69) is 4.98 Å². The van der Waals surface area contributed by atoms with E-state index in [1.807, 2.05) is 32.9 Å². The van der Waals surface area contributed by atoms with Crippen molar-refractivity contribution in [1.82, 2.24) is 14.9 Å². The Morgan fingerprint density at radius 2 is 1.88 bits per heavy atom. The van der Waals surface area contributed by atoms with Gasteiger partial charge in [-0.3, -0.25) is 9.63 Å². The van der Waals surface area contributed by atoms with Gasteiger partial charge in [0, 0.05) is 48.9 Å². The monoisotopic (exact) mass is 473 g/mol. The summed E-state index contributed by atoms with van der Waals surface area (Å²) in [5, 5.41) is 1.03. The first-order chi connectivity index (χ1) is 16.1. The van der Waals surface area contributed by atoms with E-state index in [9.17, 15) is 14.0 Å². The second-order valence-electron chi connectivity index (χ2n) is 9.22. The minimum Gasteiger partial charge on any atom is -0.473 e. The molecule has 0 atom stereocenters. The maximum atomic E-state index is 14.5. The van der Waals surface area contributed by atoms with Crippen molar-refractivity contribution in [1.29, 1.82) is 0 Å². The van der Waals surface area contributed by atoms with Crippen LogP contribution in [0.25, 0.3) is 0 Å². The molecule has 8 nitrogen and oxygen atoms in total. The average Bonchev–Trinajstić information content (AvgIpc) is 2.81. The lowest BCUT2D eigenvalue weighted by Crippen LogP contribution is -2.41. The molecule has 2 amide bonds. The van der Waals surface area contributed by atoms with Gasteiger partial charge in [0.2, 0.25) is 5.88 Å². The van der Waals surface area contributed by atoms with Crippen LogP contribution in [-0.4, -0.2) is 59.8 Å². The summed E-state index contributed by atoms with van der Waals surface area (Å²) in [5.41, 5.74) is 0.861. The molecule has 2 heterocycles. The standard InChI is InChI=1S/C25H32FN3O5/c1-25(2,3)34-24(31)29-13-11-17(12-14-29)21-7-6-8-22(27-21)33-16-19-10-9-18(15-20(19)26)23(30)28(4)32-5/h6-10,15,17H,11-14,16H2,1-5H3. The largest absolute Gasteiger partial charge is 0.473 e. The van der Waals surface area contributed by atoms with Gasteiger partial charge in [0.1, 0.15) is 18.0 Å². The van der Waals surface area contributed by atoms with Crippen molar-refractivity contribution in [3.8, 4) is 5.88 Å². The van der Waals surface area contributed by atoms with Gasteiger partial charge in [0.15, 0.2) is 0 Å². The Balaban J connectivity index is 1.57. The lowest BCUT2D eigenvalue weighted by atomic mass is 9.93. The summed E-state index contributed by atoms with van der Waals surface area (Å²) >= 11 is 0. The van der Waals surface area contributed by atoms with Crippen LogP contribution in [0.3, 0.4) is 0 Å². The second kappa shape index (κ2) is 10.8. The molecule has 1 aromatic carbocycles. The molecule has 184 valence electrons. The smallest absolute Gasteiger partial charge is 0.410 e. The summed E-state index contributed by atoms with van der Waals surface area (Å²) in [4.78, 5) is 35.5. The Labute approximate surface area is 199 Å². The molecule has 1 saturated heterocycles. The third-order valence-electron chi connectivity index (χ3n) is 5.55. The van der Waals surface area contributed by atoms with Gasteiger partial charge in [0.25, 0.3) is 5.91 Å². The Hall–Kier alpha value is -3.20. The lowest BCUT2D eigenvalue weighted by molar-refractivity contribution is -0.0757. The van der Waals surface area contributed by atoms with Gasteiger partial charge < -0.3 is 14.4 Å². The van der Waals surface area contributed by atoms with Gasteiger partial charge in [0.05, 0.1) is 7.11 Å². The number of hydrogen-bond acceptors (Lipinski definition) is 6. The number of benzene rings is 1. The third kappa shape index (κ3) is 6.66. The van der Waals surface area contributed by atoms with E-state index < -0.39 is 17.3 Å². The van der Waals surface area contributed by atoms with Crippen LogP contribution in [0.2, 0.25) is 0 Å². The van der Waals surface area contributed by atoms with E-state index in [0.717, 1.165) is 23.6 Å². The fourth-order valence-corrected chi connectivity index (χ4v) is 3.64. The molecule has 0 N–H and O–H groups in total. The molecule has 3 rings (SSSR count). The van der Waals surface area contributed by atoms with E-state index in [-0.39, 0.29) is 24.2 Å². The Kier molecular flexibility index (Phi) is 8.09. The highest BCUT2D eigenvalue weighted by atomic mass is 19.1. The molecule has 1 fully saturated rings. The molecule has 0 unspecified atom stereocenters. The van der Waals surface area contributed by atoms with Crippen LogP contribution in [0.1, 0.15) is 61.1 Å². The van der Waals surface area contributed by atoms with Crippen molar-refractivity contribution in [2.75, 3.05) is 27.2 Å². The third-order valence-corrected chi connectivity index (χ3v) is 5.55. The highest BCUT2D eigenvalue weighted by Gasteiger charge is 2.28. The van der Waals surface area contributed by atoms with E-state index in [4.69, 9.17) is 14.3 Å². The van der Waals surface area contributed by atoms with Gasteiger partial charge in [-0.25, -0.2) is 19.2 Å². The SMILES string of the molecule is CON(C)C(=O)c1ccc(COc2cccc(C3CCN(C(=O)OC(C)(C)C)CC3)n2)c(F)c1. The zero-order valence-corrected chi connectivity index (χ0v) is 20.3. The van der Waals surface area contributed by atoms with Crippen molar-refractivity contribution >= 4 is 12.0 Å². The van der Waals surface area contributed by atoms with Crippen molar-refractivity contribution in [3.05, 3.63) is 59.0 Å². The van der Waals surface area contributed by atoms with Crippen LogP contribution in [-0.2, 0) is 16.2 Å². The molecule has 34 heavy (non-hydrogen) atoms. The van der Waals surface area contributed by atoms with Gasteiger partial charge in [-0.1, -0.05) is 12.1 Å². The zero-order valence-electron chi connectivity index (χ0n) is 20.3. The maximum absolute atomic E-state index is 14.5. The van der Waals surface area contributed by atoms with Crippen molar-refractivity contribution in [3.63, 3.8) is 0 Å². The van der Waals surface area contributed by atoms with Gasteiger partial charge in [-0.05, 0) is 51.8 Å². The van der Waals surface area contributed by atoms with Crippen molar-refractivity contribution < 1.29 is 28.3 Å². The van der Waals surface area contributed by atoms with E-state index in [1.54, 1.807) is 11.0 Å². The van der Waals surface area contributed by atoms with E-state index in [0.29, 0.717) is 24.5 Å². The predicted octanol–water partition coefficient (Wildman–Crippen LogP) is 4.55. The number of ether oxygens (including phenoxy) is 2. The molecule has 0 saturated carbocycles. The van der Waals surface area contributed by atoms with Gasteiger partial charge in [-0.15, -0.1) is 0 Å². The van der Waals surface area contributed by atoms with Crippen LogP contribution in [0.15, 0.2) is 36.4 Å². The molecule has 1 aliphatic rings. The number of amides is 2.